The molecule has 0 aliphatic rings. The lowest BCUT2D eigenvalue weighted by atomic mass is 10.2. The van der Waals surface area contributed by atoms with E-state index in [1.807, 2.05) is 12.1 Å². The summed E-state index contributed by atoms with van der Waals surface area (Å²) in [4.78, 5) is 21.8. The van der Waals surface area contributed by atoms with Crippen molar-refractivity contribution in [3.63, 3.8) is 0 Å². The van der Waals surface area contributed by atoms with E-state index >= 15 is 0 Å². The smallest absolute Gasteiger partial charge is 0.312 e. The molecule has 7 heteroatoms. The van der Waals surface area contributed by atoms with Gasteiger partial charge >= 0.3 is 6.03 Å². The molecule has 19 heavy (non-hydrogen) atoms. The maximum Gasteiger partial charge on any atom is 0.312 e. The predicted molar refractivity (Wildman–Crippen MR) is 70.4 cm³/mol. The van der Waals surface area contributed by atoms with Gasteiger partial charge in [-0.15, -0.1) is 0 Å². The molecule has 0 spiro atoms. The standard InChI is InChI=1S/C12H18N4O3/c13-7-9-1-3-10(4-2-9)19-8-11(17)15-5-6-16-12(14)18/h1-4H,5-8,13H2,(H,15,17)(H3,14,16,18). The van der Waals surface area contributed by atoms with Crippen molar-refractivity contribution in [3.05, 3.63) is 29.8 Å². The lowest BCUT2D eigenvalue weighted by molar-refractivity contribution is -0.123. The summed E-state index contributed by atoms with van der Waals surface area (Å²) in [6.45, 7) is 0.968. The zero-order chi connectivity index (χ0) is 14.1. The van der Waals surface area contributed by atoms with Crippen molar-refractivity contribution >= 4 is 11.9 Å². The number of urea groups is 1. The minimum absolute atomic E-state index is 0.0848. The Labute approximate surface area is 111 Å². The van der Waals surface area contributed by atoms with Crippen LogP contribution in [0.25, 0.3) is 0 Å². The highest BCUT2D eigenvalue weighted by atomic mass is 16.5. The summed E-state index contributed by atoms with van der Waals surface area (Å²) >= 11 is 0. The van der Waals surface area contributed by atoms with E-state index in [4.69, 9.17) is 16.2 Å². The Balaban J connectivity index is 2.20. The largest absolute Gasteiger partial charge is 0.484 e. The number of amides is 3. The van der Waals surface area contributed by atoms with Crippen LogP contribution in [0.1, 0.15) is 5.56 Å². The molecule has 6 N–H and O–H groups in total. The number of ether oxygens (including phenoxy) is 1. The lowest BCUT2D eigenvalue weighted by Crippen LogP contribution is -2.38. The number of primary amides is 1. The van der Waals surface area contributed by atoms with E-state index in [2.05, 4.69) is 10.6 Å². The van der Waals surface area contributed by atoms with Crippen molar-refractivity contribution in [1.29, 1.82) is 0 Å². The number of nitrogens with two attached hydrogens (primary N) is 2. The van der Waals surface area contributed by atoms with Gasteiger partial charge in [0.2, 0.25) is 0 Å². The van der Waals surface area contributed by atoms with Crippen molar-refractivity contribution < 1.29 is 14.3 Å². The fourth-order valence-electron chi connectivity index (χ4n) is 1.31. The third-order valence-corrected chi connectivity index (χ3v) is 2.28. The Kier molecular flexibility index (Phi) is 6.17. The number of carbonyl (C=O) groups excluding carboxylic acids is 2. The van der Waals surface area contributed by atoms with E-state index in [1.54, 1.807) is 12.1 Å². The SMILES string of the molecule is NCc1ccc(OCC(=O)NCCNC(N)=O)cc1. The van der Waals surface area contributed by atoms with Crippen molar-refractivity contribution in [1.82, 2.24) is 10.6 Å². The summed E-state index contributed by atoms with van der Waals surface area (Å²) in [5, 5.41) is 4.94. The van der Waals surface area contributed by atoms with Gasteiger partial charge in [0.05, 0.1) is 0 Å². The Morgan fingerprint density at radius 2 is 1.74 bits per heavy atom. The quantitative estimate of drug-likeness (QED) is 0.488. The van der Waals surface area contributed by atoms with Crippen LogP contribution in [0.15, 0.2) is 24.3 Å². The van der Waals surface area contributed by atoms with Crippen molar-refractivity contribution in [2.45, 2.75) is 6.54 Å². The van der Waals surface area contributed by atoms with Gasteiger partial charge in [-0.2, -0.15) is 0 Å². The summed E-state index contributed by atoms with van der Waals surface area (Å²) in [6.07, 6.45) is 0. The van der Waals surface area contributed by atoms with E-state index in [-0.39, 0.29) is 19.1 Å². The summed E-state index contributed by atoms with van der Waals surface area (Å²) in [5.41, 5.74) is 11.3. The molecule has 0 bridgehead atoms. The fraction of sp³-hybridized carbons (Fsp3) is 0.333. The normalized spacial score (nSPS) is 9.74. The first-order chi connectivity index (χ1) is 9.11. The number of carbonyl (C=O) groups is 2. The van der Waals surface area contributed by atoms with Crippen molar-refractivity contribution in [3.8, 4) is 5.75 Å². The second-order valence-electron chi connectivity index (χ2n) is 3.78. The molecule has 1 aromatic carbocycles. The van der Waals surface area contributed by atoms with E-state index < -0.39 is 6.03 Å². The Bertz CT molecular complexity index is 419. The van der Waals surface area contributed by atoms with Crippen molar-refractivity contribution in [2.75, 3.05) is 19.7 Å². The van der Waals surface area contributed by atoms with Gasteiger partial charge < -0.3 is 26.8 Å². The van der Waals surface area contributed by atoms with Gasteiger partial charge in [-0.05, 0) is 17.7 Å². The van der Waals surface area contributed by atoms with E-state index in [1.165, 1.54) is 0 Å². The van der Waals surface area contributed by atoms with Gasteiger partial charge in [-0.3, -0.25) is 4.79 Å². The molecule has 0 saturated carbocycles. The van der Waals surface area contributed by atoms with Gasteiger partial charge in [0.1, 0.15) is 5.75 Å². The van der Waals surface area contributed by atoms with Gasteiger partial charge in [0.25, 0.3) is 5.91 Å². The first-order valence-electron chi connectivity index (χ1n) is 5.83. The van der Waals surface area contributed by atoms with Gasteiger partial charge in [-0.25, -0.2) is 4.79 Å². The molecule has 1 rings (SSSR count). The predicted octanol–water partition coefficient (Wildman–Crippen LogP) is -0.691. The summed E-state index contributed by atoms with van der Waals surface area (Å²) in [6, 6.07) is 6.56. The van der Waals surface area contributed by atoms with Crippen LogP contribution in [0.2, 0.25) is 0 Å². The third kappa shape index (κ3) is 6.27. The fourth-order valence-corrected chi connectivity index (χ4v) is 1.31. The zero-order valence-corrected chi connectivity index (χ0v) is 10.5. The molecule has 0 atom stereocenters. The molecular weight excluding hydrogens is 248 g/mol. The molecule has 7 nitrogen and oxygen atoms in total. The molecule has 0 radical (unpaired) electrons. The average molecular weight is 266 g/mol. The summed E-state index contributed by atoms with van der Waals surface area (Å²) in [7, 11) is 0. The van der Waals surface area contributed by atoms with Crippen LogP contribution in [0.3, 0.4) is 0 Å². The Morgan fingerprint density at radius 1 is 1.11 bits per heavy atom. The maximum absolute atomic E-state index is 11.4. The van der Waals surface area contributed by atoms with Gasteiger partial charge in [-0.1, -0.05) is 12.1 Å². The number of rotatable bonds is 7. The van der Waals surface area contributed by atoms with E-state index in [9.17, 15) is 9.59 Å². The van der Waals surface area contributed by atoms with E-state index in [0.717, 1.165) is 5.56 Å². The Morgan fingerprint density at radius 3 is 2.32 bits per heavy atom. The first kappa shape index (κ1) is 14.8. The lowest BCUT2D eigenvalue weighted by Gasteiger charge is -2.08. The van der Waals surface area contributed by atoms with Crippen LogP contribution < -0.4 is 26.8 Å². The van der Waals surface area contributed by atoms with Crippen LogP contribution in [0.5, 0.6) is 5.75 Å². The third-order valence-electron chi connectivity index (χ3n) is 2.28. The highest BCUT2D eigenvalue weighted by Gasteiger charge is 2.02. The highest BCUT2D eigenvalue weighted by Crippen LogP contribution is 2.11. The molecule has 0 fully saturated rings. The minimum Gasteiger partial charge on any atom is -0.484 e. The average Bonchev–Trinajstić information content (AvgIpc) is 2.41. The topological polar surface area (TPSA) is 119 Å². The van der Waals surface area contributed by atoms with Crippen molar-refractivity contribution in [2.24, 2.45) is 11.5 Å². The molecule has 0 saturated heterocycles. The summed E-state index contributed by atoms with van der Waals surface area (Å²) in [5.74, 6) is 0.330. The van der Waals surface area contributed by atoms with Crippen LogP contribution in [0.4, 0.5) is 4.79 Å². The number of nitrogens with one attached hydrogen (secondary N) is 2. The first-order valence-corrected chi connectivity index (χ1v) is 5.83. The molecule has 3 amide bonds. The second kappa shape index (κ2) is 7.93. The monoisotopic (exact) mass is 266 g/mol. The van der Waals surface area contributed by atoms with Gasteiger partial charge in [0, 0.05) is 19.6 Å². The molecule has 104 valence electrons. The van der Waals surface area contributed by atoms with Gasteiger partial charge in [0.15, 0.2) is 6.61 Å². The molecule has 0 heterocycles. The second-order valence-corrected chi connectivity index (χ2v) is 3.78. The van der Waals surface area contributed by atoms with Crippen LogP contribution in [-0.4, -0.2) is 31.6 Å². The molecule has 1 aromatic rings. The molecular formula is C12H18N4O3. The minimum atomic E-state index is -0.620. The number of benzene rings is 1. The van der Waals surface area contributed by atoms with Crippen LogP contribution >= 0.6 is 0 Å². The zero-order valence-electron chi connectivity index (χ0n) is 10.5. The molecule has 0 aliphatic heterocycles. The molecule has 0 unspecified atom stereocenters. The summed E-state index contributed by atoms with van der Waals surface area (Å²) < 4.78 is 5.28. The van der Waals surface area contributed by atoms with Crippen LogP contribution in [-0.2, 0) is 11.3 Å². The maximum atomic E-state index is 11.4. The Hall–Kier alpha value is -2.28. The highest BCUT2D eigenvalue weighted by molar-refractivity contribution is 5.77. The number of hydrogen-bond donors (Lipinski definition) is 4. The van der Waals surface area contributed by atoms with E-state index in [0.29, 0.717) is 18.8 Å². The van der Waals surface area contributed by atoms with Crippen LogP contribution in [0, 0.1) is 0 Å². The molecule has 0 aliphatic carbocycles. The number of hydrogen-bond acceptors (Lipinski definition) is 4. The molecule has 0 aromatic heterocycles.